The Hall–Kier alpha value is -1.62. The third kappa shape index (κ3) is 4.93. The van der Waals surface area contributed by atoms with Gasteiger partial charge in [0.2, 0.25) is 5.95 Å². The van der Waals surface area contributed by atoms with Gasteiger partial charge in [0.15, 0.2) is 0 Å². The molecule has 1 aromatic heterocycles. The molecule has 3 rings (SSSR count). The lowest BCUT2D eigenvalue weighted by Crippen LogP contribution is -2.27. The SMILES string of the molecule is CC(C)(C)Nc1nc(NCc2cccc(Br)c2)cc(C2CC2)n1. The van der Waals surface area contributed by atoms with Crippen LogP contribution in [0.3, 0.4) is 0 Å². The van der Waals surface area contributed by atoms with E-state index in [1.54, 1.807) is 0 Å². The van der Waals surface area contributed by atoms with Crippen LogP contribution in [0.25, 0.3) is 0 Å². The van der Waals surface area contributed by atoms with Gasteiger partial charge in [0.05, 0.1) is 5.69 Å². The first-order valence-electron chi connectivity index (χ1n) is 8.04. The Morgan fingerprint density at radius 3 is 2.61 bits per heavy atom. The number of rotatable bonds is 5. The van der Waals surface area contributed by atoms with Crippen LogP contribution < -0.4 is 10.6 Å². The van der Waals surface area contributed by atoms with E-state index < -0.39 is 0 Å². The van der Waals surface area contributed by atoms with E-state index in [0.29, 0.717) is 11.9 Å². The first-order valence-corrected chi connectivity index (χ1v) is 8.84. The molecule has 0 radical (unpaired) electrons. The van der Waals surface area contributed by atoms with Crippen molar-refractivity contribution in [2.45, 2.75) is 51.6 Å². The molecule has 1 saturated carbocycles. The summed E-state index contributed by atoms with van der Waals surface area (Å²) >= 11 is 3.51. The van der Waals surface area contributed by atoms with Crippen molar-refractivity contribution in [3.8, 4) is 0 Å². The second-order valence-corrected chi connectivity index (χ2v) is 8.05. The fraction of sp³-hybridized carbons (Fsp3) is 0.444. The average Bonchev–Trinajstić information content (AvgIpc) is 3.28. The average molecular weight is 375 g/mol. The highest BCUT2D eigenvalue weighted by Crippen LogP contribution is 2.40. The quantitative estimate of drug-likeness (QED) is 0.777. The van der Waals surface area contributed by atoms with Crippen molar-refractivity contribution in [1.82, 2.24) is 9.97 Å². The predicted octanol–water partition coefficient (Wildman–Crippen LogP) is 4.94. The Bertz CT molecular complexity index is 690. The zero-order valence-corrected chi connectivity index (χ0v) is 15.4. The van der Waals surface area contributed by atoms with E-state index in [1.165, 1.54) is 18.4 Å². The van der Waals surface area contributed by atoms with Gasteiger partial charge >= 0.3 is 0 Å². The Morgan fingerprint density at radius 1 is 1.17 bits per heavy atom. The van der Waals surface area contributed by atoms with Gasteiger partial charge in [-0.2, -0.15) is 4.98 Å². The second-order valence-electron chi connectivity index (χ2n) is 7.13. The molecular formula is C18H23BrN4. The summed E-state index contributed by atoms with van der Waals surface area (Å²) in [5.74, 6) is 2.19. The molecule has 0 aliphatic heterocycles. The standard InChI is InChI=1S/C18H23BrN4/c1-18(2,3)23-17-21-15(13-7-8-13)10-16(22-17)20-11-12-5-4-6-14(19)9-12/h4-6,9-10,13H,7-8,11H2,1-3H3,(H2,20,21,22,23). The van der Waals surface area contributed by atoms with Crippen molar-refractivity contribution >= 4 is 27.7 Å². The van der Waals surface area contributed by atoms with Gasteiger partial charge in [0.25, 0.3) is 0 Å². The van der Waals surface area contributed by atoms with Gasteiger partial charge in [0.1, 0.15) is 5.82 Å². The number of hydrogen-bond donors (Lipinski definition) is 2. The summed E-state index contributed by atoms with van der Waals surface area (Å²) in [6, 6.07) is 10.4. The number of anilines is 2. The lowest BCUT2D eigenvalue weighted by molar-refractivity contribution is 0.625. The molecule has 5 heteroatoms. The van der Waals surface area contributed by atoms with Gasteiger partial charge in [-0.05, 0) is 51.3 Å². The molecule has 0 amide bonds. The summed E-state index contributed by atoms with van der Waals surface area (Å²) in [5, 5.41) is 6.81. The van der Waals surface area contributed by atoms with Gasteiger partial charge in [-0.15, -0.1) is 0 Å². The van der Waals surface area contributed by atoms with Crippen molar-refractivity contribution in [1.29, 1.82) is 0 Å². The minimum absolute atomic E-state index is 0.0518. The van der Waals surface area contributed by atoms with Crippen molar-refractivity contribution < 1.29 is 0 Å². The van der Waals surface area contributed by atoms with E-state index in [9.17, 15) is 0 Å². The molecular weight excluding hydrogens is 352 g/mol. The van der Waals surface area contributed by atoms with Gasteiger partial charge < -0.3 is 10.6 Å². The molecule has 4 nitrogen and oxygen atoms in total. The minimum Gasteiger partial charge on any atom is -0.366 e. The van der Waals surface area contributed by atoms with Gasteiger partial charge in [0, 0.05) is 28.5 Å². The molecule has 0 unspecified atom stereocenters. The third-order valence-corrected chi connectivity index (χ3v) is 4.08. The molecule has 0 spiro atoms. The Kier molecular flexibility index (Phi) is 4.57. The number of benzene rings is 1. The maximum Gasteiger partial charge on any atom is 0.225 e. The molecule has 1 aliphatic rings. The predicted molar refractivity (Wildman–Crippen MR) is 98.9 cm³/mol. The van der Waals surface area contributed by atoms with E-state index in [0.717, 1.165) is 22.5 Å². The van der Waals surface area contributed by atoms with Crippen LogP contribution >= 0.6 is 15.9 Å². The monoisotopic (exact) mass is 374 g/mol. The Labute approximate surface area is 146 Å². The maximum atomic E-state index is 4.68. The van der Waals surface area contributed by atoms with Crippen LogP contribution in [0.5, 0.6) is 0 Å². The van der Waals surface area contributed by atoms with Crippen molar-refractivity contribution in [3.63, 3.8) is 0 Å². The molecule has 2 aromatic rings. The summed E-state index contributed by atoms with van der Waals surface area (Å²) < 4.78 is 1.09. The number of nitrogens with one attached hydrogen (secondary N) is 2. The fourth-order valence-electron chi connectivity index (χ4n) is 2.38. The van der Waals surface area contributed by atoms with Crippen LogP contribution in [0.1, 0.15) is 50.8 Å². The maximum absolute atomic E-state index is 4.68. The number of nitrogens with zero attached hydrogens (tertiary/aromatic N) is 2. The van der Waals surface area contributed by atoms with Gasteiger partial charge in [-0.25, -0.2) is 4.98 Å². The Morgan fingerprint density at radius 2 is 1.96 bits per heavy atom. The molecule has 0 atom stereocenters. The van der Waals surface area contributed by atoms with Crippen molar-refractivity contribution in [3.05, 3.63) is 46.1 Å². The summed E-state index contributed by atoms with van der Waals surface area (Å²) in [6.45, 7) is 7.10. The molecule has 1 heterocycles. The molecule has 23 heavy (non-hydrogen) atoms. The minimum atomic E-state index is -0.0518. The highest BCUT2D eigenvalue weighted by Gasteiger charge is 2.26. The normalized spacial score (nSPS) is 14.6. The largest absolute Gasteiger partial charge is 0.366 e. The summed E-state index contributed by atoms with van der Waals surface area (Å²) in [5.41, 5.74) is 2.31. The summed E-state index contributed by atoms with van der Waals surface area (Å²) in [7, 11) is 0. The van der Waals surface area contributed by atoms with Crippen LogP contribution in [0.2, 0.25) is 0 Å². The summed E-state index contributed by atoms with van der Waals surface area (Å²) in [6.07, 6.45) is 2.47. The highest BCUT2D eigenvalue weighted by molar-refractivity contribution is 9.10. The first kappa shape index (κ1) is 16.2. The smallest absolute Gasteiger partial charge is 0.225 e. The fourth-order valence-corrected chi connectivity index (χ4v) is 2.82. The van der Waals surface area contributed by atoms with Crippen molar-refractivity contribution in [2.24, 2.45) is 0 Å². The summed E-state index contributed by atoms with van der Waals surface area (Å²) in [4.78, 5) is 9.30. The van der Waals surface area contributed by atoms with E-state index in [4.69, 9.17) is 0 Å². The zero-order valence-electron chi connectivity index (χ0n) is 13.9. The molecule has 1 aliphatic carbocycles. The van der Waals surface area contributed by atoms with Crippen LogP contribution in [0.4, 0.5) is 11.8 Å². The van der Waals surface area contributed by atoms with Gasteiger partial charge in [-0.3, -0.25) is 0 Å². The lowest BCUT2D eigenvalue weighted by atomic mass is 10.1. The van der Waals surface area contributed by atoms with E-state index in [1.807, 2.05) is 12.1 Å². The lowest BCUT2D eigenvalue weighted by Gasteiger charge is -2.21. The molecule has 0 saturated heterocycles. The Balaban J connectivity index is 1.77. The molecule has 1 fully saturated rings. The first-order chi connectivity index (χ1) is 10.9. The topological polar surface area (TPSA) is 49.8 Å². The number of hydrogen-bond acceptors (Lipinski definition) is 4. The highest BCUT2D eigenvalue weighted by atomic mass is 79.9. The molecule has 0 bridgehead atoms. The van der Waals surface area contributed by atoms with E-state index in [2.05, 4.69) is 75.5 Å². The molecule has 2 N–H and O–H groups in total. The third-order valence-electron chi connectivity index (χ3n) is 3.59. The van der Waals surface area contributed by atoms with Gasteiger partial charge in [-0.1, -0.05) is 28.1 Å². The van der Waals surface area contributed by atoms with Crippen molar-refractivity contribution in [2.75, 3.05) is 10.6 Å². The van der Waals surface area contributed by atoms with E-state index in [-0.39, 0.29) is 5.54 Å². The van der Waals surface area contributed by atoms with E-state index >= 15 is 0 Å². The van der Waals surface area contributed by atoms with Crippen LogP contribution in [0, 0.1) is 0 Å². The zero-order chi connectivity index (χ0) is 16.4. The van der Waals surface area contributed by atoms with Crippen LogP contribution in [-0.2, 0) is 6.54 Å². The van der Waals surface area contributed by atoms with Crippen LogP contribution in [-0.4, -0.2) is 15.5 Å². The number of aromatic nitrogens is 2. The van der Waals surface area contributed by atoms with Crippen LogP contribution in [0.15, 0.2) is 34.8 Å². The number of halogens is 1. The second kappa shape index (κ2) is 6.48. The molecule has 122 valence electrons. The molecule has 1 aromatic carbocycles.